The third-order valence-electron chi connectivity index (χ3n) is 2.64. The van der Waals surface area contributed by atoms with E-state index in [-0.39, 0.29) is 0 Å². The van der Waals surface area contributed by atoms with Gasteiger partial charge in [-0.1, -0.05) is 0 Å². The van der Waals surface area contributed by atoms with Crippen molar-refractivity contribution in [3.8, 4) is 0 Å². The van der Waals surface area contributed by atoms with Gasteiger partial charge in [0.15, 0.2) is 0 Å². The summed E-state index contributed by atoms with van der Waals surface area (Å²) < 4.78 is 23.3. The van der Waals surface area contributed by atoms with Crippen molar-refractivity contribution in [3.63, 3.8) is 0 Å². The smallest absolute Gasteiger partial charge is 0.0785 e. The summed E-state index contributed by atoms with van der Waals surface area (Å²) >= 11 is 0. The van der Waals surface area contributed by atoms with Crippen molar-refractivity contribution in [1.29, 1.82) is 0 Å². The summed E-state index contributed by atoms with van der Waals surface area (Å²) in [7, 11) is -2.05. The molecule has 4 heteroatoms. The average molecular weight is 236 g/mol. The average Bonchev–Trinajstić information content (AvgIpc) is 2.70. The van der Waals surface area contributed by atoms with Gasteiger partial charge in [0.25, 0.3) is 0 Å². The van der Waals surface area contributed by atoms with Crippen molar-refractivity contribution in [2.75, 3.05) is 0 Å². The Bertz CT molecular complexity index is 582. The highest BCUT2D eigenvalue weighted by Crippen LogP contribution is 2.38. The summed E-state index contributed by atoms with van der Waals surface area (Å²) in [6.07, 6.45) is 1.87. The zero-order chi connectivity index (χ0) is 10.6. The zero-order valence-electron chi connectivity index (χ0n) is 8.02. The summed E-state index contributed by atoms with van der Waals surface area (Å²) in [4.78, 5) is 1.68. The van der Waals surface area contributed by atoms with Crippen LogP contribution in [0.4, 0.5) is 0 Å². The van der Waals surface area contributed by atoms with E-state index in [1.807, 2.05) is 25.1 Å². The first kappa shape index (κ1) is 9.24. The van der Waals surface area contributed by atoms with Gasteiger partial charge in [0.1, 0.15) is 0 Å². The highest BCUT2D eigenvalue weighted by Gasteiger charge is 2.25. The summed E-state index contributed by atoms with van der Waals surface area (Å²) in [6, 6.07) is 3.64. The molecule has 2 unspecified atom stereocenters. The number of hydrogen-bond acceptors (Lipinski definition) is 2. The second kappa shape index (κ2) is 3.00. The molecule has 3 rings (SSSR count). The van der Waals surface area contributed by atoms with Gasteiger partial charge in [0.2, 0.25) is 0 Å². The Balaban J connectivity index is 2.40. The van der Waals surface area contributed by atoms with Crippen LogP contribution in [0.25, 0.3) is 11.6 Å². The summed E-state index contributed by atoms with van der Waals surface area (Å²) in [5.74, 6) is 0. The molecule has 76 valence electrons. The van der Waals surface area contributed by atoms with Gasteiger partial charge < -0.3 is 0 Å². The fourth-order valence-electron chi connectivity index (χ4n) is 1.98. The Morgan fingerprint density at radius 3 is 2.60 bits per heavy atom. The fraction of sp³-hybridized carbons (Fsp3) is 0.0909. The number of benzene rings is 1. The number of rotatable bonds is 0. The van der Waals surface area contributed by atoms with E-state index in [1.165, 1.54) is 0 Å². The number of hydrogen-bond donors (Lipinski definition) is 0. The van der Waals surface area contributed by atoms with E-state index in [4.69, 9.17) is 0 Å². The Kier molecular flexibility index (Phi) is 1.85. The van der Waals surface area contributed by atoms with Crippen LogP contribution in [-0.4, -0.2) is 8.42 Å². The van der Waals surface area contributed by atoms with Crippen molar-refractivity contribution >= 4 is 33.2 Å². The lowest BCUT2D eigenvalue weighted by molar-refractivity contribution is 0.687. The molecule has 0 aromatic heterocycles. The van der Waals surface area contributed by atoms with Gasteiger partial charge in [-0.3, -0.25) is 0 Å². The Labute approximate surface area is 92.6 Å². The molecule has 0 spiro atoms. The highest BCUT2D eigenvalue weighted by molar-refractivity contribution is 7.89. The van der Waals surface area contributed by atoms with Crippen molar-refractivity contribution in [2.24, 2.45) is 0 Å². The van der Waals surface area contributed by atoms with E-state index in [0.717, 1.165) is 26.5 Å². The van der Waals surface area contributed by atoms with Crippen molar-refractivity contribution in [1.82, 2.24) is 0 Å². The lowest BCUT2D eigenvalue weighted by Crippen LogP contribution is -1.92. The lowest BCUT2D eigenvalue weighted by atomic mass is 10.0. The van der Waals surface area contributed by atoms with Crippen molar-refractivity contribution in [3.05, 3.63) is 34.1 Å². The van der Waals surface area contributed by atoms with E-state index in [0.29, 0.717) is 0 Å². The minimum absolute atomic E-state index is 0.834. The Hall–Kier alpha value is -1.00. The first-order valence-corrected chi connectivity index (χ1v) is 6.96. The Morgan fingerprint density at radius 1 is 1.07 bits per heavy atom. The normalized spacial score (nSPS) is 26.3. The van der Waals surface area contributed by atoms with Crippen LogP contribution in [0.2, 0.25) is 0 Å². The molecule has 2 heterocycles. The molecular weight excluding hydrogens is 228 g/mol. The maximum Gasteiger partial charge on any atom is 0.0785 e. The minimum Gasteiger partial charge on any atom is -0.250 e. The predicted octanol–water partition coefficient (Wildman–Crippen LogP) is 2.26. The topological polar surface area (TPSA) is 34.1 Å². The first-order valence-electron chi connectivity index (χ1n) is 4.53. The summed E-state index contributed by atoms with van der Waals surface area (Å²) in [6.45, 7) is 1.94. The van der Waals surface area contributed by atoms with Crippen LogP contribution in [-0.2, 0) is 21.6 Å². The third-order valence-corrected chi connectivity index (χ3v) is 5.15. The molecule has 0 aliphatic carbocycles. The van der Waals surface area contributed by atoms with E-state index < -0.39 is 21.6 Å². The van der Waals surface area contributed by atoms with Crippen molar-refractivity contribution < 1.29 is 8.42 Å². The number of allylic oxidation sites excluding steroid dienone is 1. The van der Waals surface area contributed by atoms with Gasteiger partial charge in [-0.2, -0.15) is 0 Å². The quantitative estimate of drug-likeness (QED) is 0.692. The predicted molar refractivity (Wildman–Crippen MR) is 61.9 cm³/mol. The summed E-state index contributed by atoms with van der Waals surface area (Å²) in [5, 5.41) is 3.43. The van der Waals surface area contributed by atoms with Gasteiger partial charge >= 0.3 is 0 Å². The highest BCUT2D eigenvalue weighted by atomic mass is 32.2. The van der Waals surface area contributed by atoms with Crippen molar-refractivity contribution in [2.45, 2.75) is 16.7 Å². The maximum absolute atomic E-state index is 11.7. The second-order valence-corrected chi connectivity index (χ2v) is 6.13. The van der Waals surface area contributed by atoms with Gasteiger partial charge in [0, 0.05) is 21.9 Å². The van der Waals surface area contributed by atoms with Crippen LogP contribution in [0.15, 0.2) is 32.7 Å². The molecule has 0 N–H and O–H groups in total. The molecule has 2 aliphatic rings. The molecule has 2 atom stereocenters. The SMILES string of the molecule is CC1=CS(=O)c2ccc3c(c21)C=CS3=O. The van der Waals surface area contributed by atoms with Crippen LogP contribution in [0.1, 0.15) is 18.1 Å². The lowest BCUT2D eigenvalue weighted by Gasteiger charge is -2.06. The van der Waals surface area contributed by atoms with Crippen LogP contribution >= 0.6 is 0 Å². The van der Waals surface area contributed by atoms with Crippen LogP contribution in [0, 0.1) is 0 Å². The van der Waals surface area contributed by atoms with E-state index in [9.17, 15) is 8.42 Å². The molecule has 0 saturated carbocycles. The second-order valence-electron chi connectivity index (χ2n) is 3.55. The monoisotopic (exact) mass is 236 g/mol. The molecule has 0 radical (unpaired) electrons. The van der Waals surface area contributed by atoms with Gasteiger partial charge in [-0.25, -0.2) is 8.42 Å². The van der Waals surface area contributed by atoms with Gasteiger partial charge in [-0.15, -0.1) is 0 Å². The molecule has 15 heavy (non-hydrogen) atoms. The van der Waals surface area contributed by atoms with Crippen LogP contribution in [0.3, 0.4) is 0 Å². The molecular formula is C11H8O2S2. The minimum atomic E-state index is -1.03. The molecule has 2 nitrogen and oxygen atoms in total. The van der Waals surface area contributed by atoms with Crippen LogP contribution < -0.4 is 0 Å². The van der Waals surface area contributed by atoms with Crippen LogP contribution in [0.5, 0.6) is 0 Å². The molecule has 1 aromatic carbocycles. The van der Waals surface area contributed by atoms with Gasteiger partial charge in [0.05, 0.1) is 31.4 Å². The molecule has 0 amide bonds. The standard InChI is InChI=1S/C11H8O2S2/c1-7-6-15(13)10-3-2-9-8(11(7)10)4-5-14(9)12/h2-6H,1H3. The Morgan fingerprint density at radius 2 is 1.80 bits per heavy atom. The molecule has 2 aliphatic heterocycles. The largest absolute Gasteiger partial charge is 0.250 e. The maximum atomic E-state index is 11.7. The molecule has 1 aromatic rings. The molecule has 0 fully saturated rings. The molecule has 0 saturated heterocycles. The zero-order valence-corrected chi connectivity index (χ0v) is 9.65. The van der Waals surface area contributed by atoms with E-state index >= 15 is 0 Å². The third kappa shape index (κ3) is 1.15. The van der Waals surface area contributed by atoms with Gasteiger partial charge in [-0.05, 0) is 30.7 Å². The first-order chi connectivity index (χ1) is 7.18. The van der Waals surface area contributed by atoms with E-state index in [2.05, 4.69) is 0 Å². The molecule has 0 bridgehead atoms. The number of fused-ring (bicyclic) bond motifs is 3. The van der Waals surface area contributed by atoms with E-state index in [1.54, 1.807) is 10.8 Å². The fourth-order valence-corrected chi connectivity index (χ4v) is 4.22. The summed E-state index contributed by atoms with van der Waals surface area (Å²) in [5.41, 5.74) is 3.00.